The van der Waals surface area contributed by atoms with Gasteiger partial charge in [0, 0.05) is 50.1 Å². The van der Waals surface area contributed by atoms with Crippen molar-refractivity contribution in [2.75, 3.05) is 26.7 Å². The molecule has 0 spiro atoms. The minimum absolute atomic E-state index is 0.133. The quantitative estimate of drug-likeness (QED) is 0.919. The Bertz CT molecular complexity index is 800. The number of ether oxygens (including phenoxy) is 1. The molecule has 2 heterocycles. The fourth-order valence-corrected chi connectivity index (χ4v) is 3.01. The van der Waals surface area contributed by atoms with E-state index in [0.29, 0.717) is 18.7 Å². The zero-order valence-electron chi connectivity index (χ0n) is 13.9. The Balaban J connectivity index is 1.96. The summed E-state index contributed by atoms with van der Waals surface area (Å²) in [5, 5.41) is 3.33. The molecule has 6 nitrogen and oxygen atoms in total. The first-order chi connectivity index (χ1) is 11.6. The highest BCUT2D eigenvalue weighted by molar-refractivity contribution is 5.94. The van der Waals surface area contributed by atoms with Crippen LogP contribution in [0.1, 0.15) is 22.0 Å². The van der Waals surface area contributed by atoms with Gasteiger partial charge >= 0.3 is 0 Å². The lowest BCUT2D eigenvalue weighted by Gasteiger charge is -2.37. The van der Waals surface area contributed by atoms with Gasteiger partial charge in [0.25, 0.3) is 11.5 Å². The molecule has 0 saturated carbocycles. The molecule has 1 N–H and O–H groups in total. The van der Waals surface area contributed by atoms with Crippen LogP contribution in [0.15, 0.2) is 47.4 Å². The predicted molar refractivity (Wildman–Crippen MR) is 91.3 cm³/mol. The van der Waals surface area contributed by atoms with Crippen LogP contribution >= 0.6 is 0 Å². The van der Waals surface area contributed by atoms with Crippen molar-refractivity contribution in [2.45, 2.75) is 6.04 Å². The van der Waals surface area contributed by atoms with Crippen LogP contribution in [0.5, 0.6) is 5.75 Å². The first kappa shape index (κ1) is 16.3. The summed E-state index contributed by atoms with van der Waals surface area (Å²) < 4.78 is 6.90. The van der Waals surface area contributed by atoms with Gasteiger partial charge in [0.15, 0.2) is 0 Å². The number of hydrogen-bond donors (Lipinski definition) is 1. The highest BCUT2D eigenvalue weighted by Gasteiger charge is 2.30. The Morgan fingerprint density at radius 3 is 2.83 bits per heavy atom. The minimum atomic E-state index is -0.190. The van der Waals surface area contributed by atoms with Crippen molar-refractivity contribution in [2.24, 2.45) is 7.05 Å². The molecule has 1 amide bonds. The van der Waals surface area contributed by atoms with Gasteiger partial charge in [0.1, 0.15) is 5.75 Å². The molecule has 1 saturated heterocycles. The van der Waals surface area contributed by atoms with Gasteiger partial charge in [-0.2, -0.15) is 0 Å². The lowest BCUT2D eigenvalue weighted by atomic mass is 10.0. The van der Waals surface area contributed by atoms with Crippen LogP contribution in [-0.4, -0.2) is 42.1 Å². The molecule has 126 valence electrons. The summed E-state index contributed by atoms with van der Waals surface area (Å²) in [6, 6.07) is 10.7. The second-order valence-corrected chi connectivity index (χ2v) is 5.82. The monoisotopic (exact) mass is 327 g/mol. The normalized spacial score (nSPS) is 17.6. The number of aryl methyl sites for hydroxylation is 1. The molecule has 6 heteroatoms. The number of carbonyl (C=O) groups is 1. The topological polar surface area (TPSA) is 63.6 Å². The number of methoxy groups -OCH3 is 1. The average Bonchev–Trinajstić information content (AvgIpc) is 2.63. The van der Waals surface area contributed by atoms with Crippen LogP contribution in [0.25, 0.3) is 0 Å². The highest BCUT2D eigenvalue weighted by atomic mass is 16.5. The molecule has 1 unspecified atom stereocenters. The van der Waals surface area contributed by atoms with E-state index in [4.69, 9.17) is 4.74 Å². The van der Waals surface area contributed by atoms with Crippen molar-refractivity contribution in [1.82, 2.24) is 14.8 Å². The van der Waals surface area contributed by atoms with Crippen molar-refractivity contribution in [1.29, 1.82) is 0 Å². The number of amides is 1. The summed E-state index contributed by atoms with van der Waals surface area (Å²) in [4.78, 5) is 26.6. The molecule has 1 aromatic carbocycles. The van der Waals surface area contributed by atoms with E-state index >= 15 is 0 Å². The van der Waals surface area contributed by atoms with E-state index in [1.165, 1.54) is 10.6 Å². The van der Waals surface area contributed by atoms with Crippen molar-refractivity contribution in [3.05, 3.63) is 64.1 Å². The molecule has 0 aliphatic carbocycles. The van der Waals surface area contributed by atoms with E-state index in [0.717, 1.165) is 17.9 Å². The number of rotatable bonds is 3. The smallest absolute Gasteiger partial charge is 0.254 e. The Morgan fingerprint density at radius 2 is 2.08 bits per heavy atom. The van der Waals surface area contributed by atoms with Gasteiger partial charge in [0.2, 0.25) is 0 Å². The van der Waals surface area contributed by atoms with Gasteiger partial charge in [-0.05, 0) is 12.1 Å². The van der Waals surface area contributed by atoms with Crippen molar-refractivity contribution >= 4 is 5.91 Å². The van der Waals surface area contributed by atoms with Crippen LogP contribution < -0.4 is 15.6 Å². The fourth-order valence-electron chi connectivity index (χ4n) is 3.01. The largest absolute Gasteiger partial charge is 0.496 e. The Labute approximate surface area is 140 Å². The Hall–Kier alpha value is -2.60. The van der Waals surface area contributed by atoms with Gasteiger partial charge in [0.05, 0.1) is 13.2 Å². The molecule has 24 heavy (non-hydrogen) atoms. The zero-order chi connectivity index (χ0) is 17.1. The number of para-hydroxylation sites is 1. The van der Waals surface area contributed by atoms with Gasteiger partial charge in [-0.1, -0.05) is 18.2 Å². The molecular weight excluding hydrogens is 306 g/mol. The van der Waals surface area contributed by atoms with E-state index in [9.17, 15) is 9.59 Å². The zero-order valence-corrected chi connectivity index (χ0v) is 13.9. The fraction of sp³-hybridized carbons (Fsp3) is 0.333. The van der Waals surface area contributed by atoms with E-state index in [1.54, 1.807) is 26.4 Å². The SMILES string of the molecule is COc1ccccc1C1CNCCN1C(=O)c1ccn(C)c(=O)c1. The van der Waals surface area contributed by atoms with Gasteiger partial charge < -0.3 is 19.5 Å². The molecule has 1 aromatic heterocycles. The van der Waals surface area contributed by atoms with E-state index in [-0.39, 0.29) is 17.5 Å². The Kier molecular flexibility index (Phi) is 4.66. The predicted octanol–water partition coefficient (Wildman–Crippen LogP) is 1.18. The van der Waals surface area contributed by atoms with Crippen LogP contribution in [0, 0.1) is 0 Å². The molecule has 1 fully saturated rings. The van der Waals surface area contributed by atoms with Crippen LogP contribution in [0.3, 0.4) is 0 Å². The van der Waals surface area contributed by atoms with Crippen LogP contribution in [0.2, 0.25) is 0 Å². The lowest BCUT2D eigenvalue weighted by molar-refractivity contribution is 0.0631. The lowest BCUT2D eigenvalue weighted by Crippen LogP contribution is -2.49. The summed E-state index contributed by atoms with van der Waals surface area (Å²) in [6.45, 7) is 1.95. The second-order valence-electron chi connectivity index (χ2n) is 5.82. The standard InChI is InChI=1S/C18H21N3O3/c1-20-9-7-13(11-17(20)22)18(23)21-10-8-19-12-15(21)14-5-3-4-6-16(14)24-2/h3-7,9,11,15,19H,8,10,12H2,1-2H3. The molecule has 0 bridgehead atoms. The summed E-state index contributed by atoms with van der Waals surface area (Å²) in [6.07, 6.45) is 1.62. The molecule has 1 aliphatic heterocycles. The Morgan fingerprint density at radius 1 is 1.29 bits per heavy atom. The number of benzene rings is 1. The maximum Gasteiger partial charge on any atom is 0.254 e. The van der Waals surface area contributed by atoms with E-state index in [2.05, 4.69) is 5.32 Å². The van der Waals surface area contributed by atoms with Gasteiger partial charge in [-0.15, -0.1) is 0 Å². The molecule has 2 aromatic rings. The summed E-state index contributed by atoms with van der Waals surface area (Å²) in [7, 11) is 3.29. The van der Waals surface area contributed by atoms with E-state index in [1.807, 2.05) is 29.2 Å². The average molecular weight is 327 g/mol. The molecule has 3 rings (SSSR count). The number of carbonyl (C=O) groups excluding carboxylic acids is 1. The third kappa shape index (κ3) is 3.05. The molecular formula is C18H21N3O3. The minimum Gasteiger partial charge on any atom is -0.496 e. The van der Waals surface area contributed by atoms with E-state index < -0.39 is 0 Å². The van der Waals surface area contributed by atoms with Crippen LogP contribution in [0.4, 0.5) is 0 Å². The first-order valence-electron chi connectivity index (χ1n) is 7.93. The molecule has 0 radical (unpaired) electrons. The summed E-state index contributed by atoms with van der Waals surface area (Å²) in [5.41, 5.74) is 1.19. The first-order valence-corrected chi connectivity index (χ1v) is 7.93. The molecule has 1 aliphatic rings. The number of aromatic nitrogens is 1. The number of nitrogens with one attached hydrogen (secondary N) is 1. The second kappa shape index (κ2) is 6.88. The van der Waals surface area contributed by atoms with Crippen molar-refractivity contribution in [3.8, 4) is 5.75 Å². The third-order valence-corrected chi connectivity index (χ3v) is 4.35. The van der Waals surface area contributed by atoms with Crippen molar-refractivity contribution < 1.29 is 9.53 Å². The number of pyridine rings is 1. The highest BCUT2D eigenvalue weighted by Crippen LogP contribution is 2.30. The summed E-state index contributed by atoms with van der Waals surface area (Å²) in [5.74, 6) is 0.623. The molecule has 1 atom stereocenters. The van der Waals surface area contributed by atoms with Crippen LogP contribution in [-0.2, 0) is 7.05 Å². The van der Waals surface area contributed by atoms with Gasteiger partial charge in [-0.3, -0.25) is 9.59 Å². The number of nitrogens with zero attached hydrogens (tertiary/aromatic N) is 2. The number of hydrogen-bond acceptors (Lipinski definition) is 4. The summed E-state index contributed by atoms with van der Waals surface area (Å²) >= 11 is 0. The van der Waals surface area contributed by atoms with Gasteiger partial charge in [-0.25, -0.2) is 0 Å². The number of piperazine rings is 1. The van der Waals surface area contributed by atoms with Crippen molar-refractivity contribution in [3.63, 3.8) is 0 Å². The maximum absolute atomic E-state index is 13.0. The maximum atomic E-state index is 13.0. The third-order valence-electron chi connectivity index (χ3n) is 4.35.